The van der Waals surface area contributed by atoms with Crippen molar-refractivity contribution in [2.75, 3.05) is 6.61 Å². The number of aromatic nitrogens is 3. The first-order chi connectivity index (χ1) is 21.2. The molecule has 44 heavy (non-hydrogen) atoms. The van der Waals surface area contributed by atoms with Crippen LogP contribution in [-0.4, -0.2) is 41.7 Å². The zero-order chi connectivity index (χ0) is 31.0. The molecule has 0 unspecified atom stereocenters. The first-order valence-corrected chi connectivity index (χ1v) is 15.4. The van der Waals surface area contributed by atoms with Crippen molar-refractivity contribution in [2.45, 2.75) is 30.6 Å². The van der Waals surface area contributed by atoms with Gasteiger partial charge in [0.15, 0.2) is 22.0 Å². The van der Waals surface area contributed by atoms with Crippen molar-refractivity contribution in [3.05, 3.63) is 125 Å². The molecule has 6 rings (SSSR count). The van der Waals surface area contributed by atoms with Crippen LogP contribution in [0.4, 0.5) is 0 Å². The highest BCUT2D eigenvalue weighted by Gasteiger charge is 2.38. The Hall–Kier alpha value is -5.35. The molecule has 0 bridgehead atoms. The SMILES string of the molecule is CCOC(=O)c1nn(-c2ccc(C)cc2)c(C)c1C(=O)c1noc(-c2ccc3ccccc3c2)c1S(=O)(=O)c1ccccc1. The summed E-state index contributed by atoms with van der Waals surface area (Å²) in [5, 5.41) is 10.3. The van der Waals surface area contributed by atoms with Gasteiger partial charge in [0, 0.05) is 5.56 Å². The van der Waals surface area contributed by atoms with Gasteiger partial charge in [0.1, 0.15) is 0 Å². The third kappa shape index (κ3) is 4.99. The predicted molar refractivity (Wildman–Crippen MR) is 164 cm³/mol. The lowest BCUT2D eigenvalue weighted by Gasteiger charge is -2.08. The van der Waals surface area contributed by atoms with Crippen LogP contribution in [0, 0.1) is 13.8 Å². The number of aryl methyl sites for hydroxylation is 1. The van der Waals surface area contributed by atoms with E-state index in [1.807, 2.05) is 49.4 Å². The molecule has 2 aromatic heterocycles. The van der Waals surface area contributed by atoms with Gasteiger partial charge in [-0.1, -0.05) is 77.5 Å². The van der Waals surface area contributed by atoms with Crippen LogP contribution in [0.1, 0.15) is 44.7 Å². The minimum Gasteiger partial charge on any atom is -0.461 e. The third-order valence-corrected chi connectivity index (χ3v) is 9.10. The molecule has 0 atom stereocenters. The van der Waals surface area contributed by atoms with Gasteiger partial charge in [0.05, 0.1) is 28.4 Å². The van der Waals surface area contributed by atoms with Gasteiger partial charge in [0.25, 0.3) is 0 Å². The van der Waals surface area contributed by atoms with Crippen molar-refractivity contribution in [1.29, 1.82) is 0 Å². The number of hydrogen-bond donors (Lipinski definition) is 0. The molecule has 0 saturated heterocycles. The largest absolute Gasteiger partial charge is 0.461 e. The van der Waals surface area contributed by atoms with Crippen molar-refractivity contribution >= 4 is 32.4 Å². The Labute approximate surface area is 253 Å². The smallest absolute Gasteiger partial charge is 0.359 e. The zero-order valence-electron chi connectivity index (χ0n) is 24.1. The molecule has 0 radical (unpaired) electrons. The van der Waals surface area contributed by atoms with E-state index >= 15 is 0 Å². The lowest BCUT2D eigenvalue weighted by atomic mass is 10.0. The first kappa shape index (κ1) is 28.8. The average molecular weight is 606 g/mol. The standard InChI is InChI=1S/C34H27N3O6S/c1-4-42-34(39)29-28(22(3)37(35-29)26-18-14-21(2)15-19-26)31(38)30-33(44(40,41)27-12-6-5-7-13-27)32(43-36-30)25-17-16-23-10-8-9-11-24(23)20-25/h5-20H,4H2,1-3H3. The van der Waals surface area contributed by atoms with E-state index in [1.165, 1.54) is 16.8 Å². The summed E-state index contributed by atoms with van der Waals surface area (Å²) in [7, 11) is -4.34. The number of nitrogens with zero attached hydrogens (tertiary/aromatic N) is 3. The molecule has 6 aromatic rings. The van der Waals surface area contributed by atoms with Crippen LogP contribution in [-0.2, 0) is 14.6 Å². The fraction of sp³-hybridized carbons (Fsp3) is 0.118. The second-order valence-corrected chi connectivity index (χ2v) is 12.1. The van der Waals surface area contributed by atoms with E-state index in [4.69, 9.17) is 9.26 Å². The Balaban J connectivity index is 1.59. The highest BCUT2D eigenvalue weighted by molar-refractivity contribution is 7.91. The summed E-state index contributed by atoms with van der Waals surface area (Å²) in [6.45, 7) is 5.25. The molecule has 0 N–H and O–H groups in total. The second kappa shape index (κ2) is 11.4. The molecule has 0 aliphatic rings. The molecule has 220 valence electrons. The summed E-state index contributed by atoms with van der Waals surface area (Å²) < 4.78 is 40.8. The van der Waals surface area contributed by atoms with E-state index in [-0.39, 0.29) is 28.5 Å². The maximum absolute atomic E-state index is 14.4. The second-order valence-electron chi connectivity index (χ2n) is 10.2. The molecular formula is C34H27N3O6S. The minimum absolute atomic E-state index is 0.0445. The minimum atomic E-state index is -4.34. The number of ether oxygens (including phenoxy) is 1. The Bertz CT molecular complexity index is 2150. The summed E-state index contributed by atoms with van der Waals surface area (Å²) in [6.07, 6.45) is 0. The lowest BCUT2D eigenvalue weighted by molar-refractivity contribution is 0.0516. The van der Waals surface area contributed by atoms with Crippen molar-refractivity contribution in [3.8, 4) is 17.0 Å². The van der Waals surface area contributed by atoms with Crippen molar-refractivity contribution < 1.29 is 27.3 Å². The summed E-state index contributed by atoms with van der Waals surface area (Å²) in [5.41, 5.74) is 1.49. The maximum atomic E-state index is 14.4. The molecular weight excluding hydrogens is 578 g/mol. The van der Waals surface area contributed by atoms with Crippen molar-refractivity contribution in [1.82, 2.24) is 14.9 Å². The number of ketones is 1. The summed E-state index contributed by atoms with van der Waals surface area (Å²) in [5.74, 6) is -1.76. The molecule has 0 aliphatic carbocycles. The van der Waals surface area contributed by atoms with Gasteiger partial charge in [-0.25, -0.2) is 17.9 Å². The Morgan fingerprint density at radius 3 is 2.23 bits per heavy atom. The molecule has 0 aliphatic heterocycles. The van der Waals surface area contributed by atoms with Crippen LogP contribution >= 0.6 is 0 Å². The van der Waals surface area contributed by atoms with Gasteiger partial charge in [-0.3, -0.25) is 4.79 Å². The van der Waals surface area contributed by atoms with E-state index in [2.05, 4.69) is 10.3 Å². The van der Waals surface area contributed by atoms with Crippen LogP contribution in [0.3, 0.4) is 0 Å². The molecule has 0 fully saturated rings. The number of rotatable bonds is 8. The predicted octanol–water partition coefficient (Wildman–Crippen LogP) is 6.54. The summed E-state index contributed by atoms with van der Waals surface area (Å²) >= 11 is 0. The fourth-order valence-electron chi connectivity index (χ4n) is 5.08. The van der Waals surface area contributed by atoms with E-state index in [0.717, 1.165) is 16.3 Å². The first-order valence-electron chi connectivity index (χ1n) is 13.9. The Kier molecular flexibility index (Phi) is 7.44. The van der Waals surface area contributed by atoms with Gasteiger partial charge in [-0.15, -0.1) is 0 Å². The van der Waals surface area contributed by atoms with Gasteiger partial charge in [-0.2, -0.15) is 5.10 Å². The van der Waals surface area contributed by atoms with Gasteiger partial charge in [-0.05, 0) is 61.9 Å². The van der Waals surface area contributed by atoms with Crippen LogP contribution in [0.15, 0.2) is 111 Å². The normalized spacial score (nSPS) is 11.5. The molecule has 9 nitrogen and oxygen atoms in total. The summed E-state index contributed by atoms with van der Waals surface area (Å²) in [6, 6.07) is 28.0. The monoisotopic (exact) mass is 605 g/mol. The maximum Gasteiger partial charge on any atom is 0.359 e. The highest BCUT2D eigenvalue weighted by Crippen LogP contribution is 2.37. The third-order valence-electron chi connectivity index (χ3n) is 7.29. The Morgan fingerprint density at radius 1 is 0.841 bits per heavy atom. The number of carbonyl (C=O) groups excluding carboxylic acids is 2. The molecule has 2 heterocycles. The molecule has 0 saturated carbocycles. The molecule has 0 spiro atoms. The number of sulfone groups is 1. The number of benzene rings is 4. The highest BCUT2D eigenvalue weighted by atomic mass is 32.2. The number of carbonyl (C=O) groups is 2. The van der Waals surface area contributed by atoms with Crippen LogP contribution in [0.2, 0.25) is 0 Å². The number of fused-ring (bicyclic) bond motifs is 1. The zero-order valence-corrected chi connectivity index (χ0v) is 25.0. The van der Waals surface area contributed by atoms with Crippen LogP contribution in [0.5, 0.6) is 0 Å². The Morgan fingerprint density at radius 2 is 1.52 bits per heavy atom. The van der Waals surface area contributed by atoms with E-state index in [9.17, 15) is 18.0 Å². The number of esters is 1. The molecule has 4 aromatic carbocycles. The van der Waals surface area contributed by atoms with Gasteiger partial charge >= 0.3 is 5.97 Å². The van der Waals surface area contributed by atoms with Gasteiger partial charge in [0.2, 0.25) is 15.6 Å². The van der Waals surface area contributed by atoms with E-state index < -0.39 is 32.2 Å². The van der Waals surface area contributed by atoms with E-state index in [0.29, 0.717) is 16.9 Å². The van der Waals surface area contributed by atoms with Crippen molar-refractivity contribution in [3.63, 3.8) is 0 Å². The molecule has 0 amide bonds. The lowest BCUT2D eigenvalue weighted by Crippen LogP contribution is -2.15. The fourth-order valence-corrected chi connectivity index (χ4v) is 6.61. The number of hydrogen-bond acceptors (Lipinski definition) is 8. The quantitative estimate of drug-likeness (QED) is 0.142. The molecule has 10 heteroatoms. The summed E-state index contributed by atoms with van der Waals surface area (Å²) in [4.78, 5) is 27.1. The van der Waals surface area contributed by atoms with Gasteiger partial charge < -0.3 is 9.26 Å². The van der Waals surface area contributed by atoms with Crippen molar-refractivity contribution in [2.24, 2.45) is 0 Å². The van der Waals surface area contributed by atoms with Crippen LogP contribution in [0.25, 0.3) is 27.8 Å². The average Bonchev–Trinajstić information content (AvgIpc) is 3.64. The van der Waals surface area contributed by atoms with E-state index in [1.54, 1.807) is 56.3 Å². The van der Waals surface area contributed by atoms with Crippen LogP contribution < -0.4 is 0 Å². The topological polar surface area (TPSA) is 121 Å².